The number of rotatable bonds is 9. The normalized spacial score (nSPS) is 12.4. The van der Waals surface area contributed by atoms with Crippen LogP contribution in [0.5, 0.6) is 0 Å². The van der Waals surface area contributed by atoms with Crippen molar-refractivity contribution in [2.45, 2.75) is 46.1 Å². The molecule has 1 unspecified atom stereocenters. The van der Waals surface area contributed by atoms with Crippen LogP contribution in [0.2, 0.25) is 0 Å². The zero-order valence-corrected chi connectivity index (χ0v) is 12.5. The average Bonchev–Trinajstić information content (AvgIpc) is 2.42. The summed E-state index contributed by atoms with van der Waals surface area (Å²) in [6.07, 6.45) is 3.38. The molecule has 108 valence electrons. The highest BCUT2D eigenvalue weighted by atomic mass is 19.1. The van der Waals surface area contributed by atoms with Gasteiger partial charge in [0.25, 0.3) is 0 Å². The van der Waals surface area contributed by atoms with E-state index in [1.54, 1.807) is 6.07 Å². The third-order valence-corrected chi connectivity index (χ3v) is 3.38. The van der Waals surface area contributed by atoms with Crippen LogP contribution in [0.25, 0.3) is 0 Å². The number of halogens is 1. The standard InChI is InChI=1S/C16H27FN2/c1-4-12-18-14(3)9-8-13-19(5-2)16-11-7-6-10-15(16)17/h6-7,10-11,14,18H,4-5,8-9,12-13H2,1-3H3. The third kappa shape index (κ3) is 5.60. The first-order chi connectivity index (χ1) is 9.19. The Labute approximate surface area is 117 Å². The summed E-state index contributed by atoms with van der Waals surface area (Å²) >= 11 is 0. The molecule has 0 aliphatic rings. The summed E-state index contributed by atoms with van der Waals surface area (Å²) in [5.41, 5.74) is 0.721. The fourth-order valence-electron chi connectivity index (χ4n) is 2.24. The fourth-order valence-corrected chi connectivity index (χ4v) is 2.24. The molecule has 1 atom stereocenters. The van der Waals surface area contributed by atoms with Crippen molar-refractivity contribution in [1.29, 1.82) is 0 Å². The van der Waals surface area contributed by atoms with Gasteiger partial charge in [-0.2, -0.15) is 0 Å². The highest BCUT2D eigenvalue weighted by Crippen LogP contribution is 2.18. The molecule has 3 heteroatoms. The summed E-state index contributed by atoms with van der Waals surface area (Å²) in [7, 11) is 0. The van der Waals surface area contributed by atoms with Crippen LogP contribution in [-0.2, 0) is 0 Å². The minimum Gasteiger partial charge on any atom is -0.369 e. The van der Waals surface area contributed by atoms with E-state index in [4.69, 9.17) is 0 Å². The molecule has 1 N–H and O–H groups in total. The zero-order chi connectivity index (χ0) is 14.1. The van der Waals surface area contributed by atoms with Crippen LogP contribution in [0, 0.1) is 5.82 Å². The van der Waals surface area contributed by atoms with Gasteiger partial charge in [-0.05, 0) is 51.8 Å². The van der Waals surface area contributed by atoms with E-state index in [0.29, 0.717) is 6.04 Å². The maximum atomic E-state index is 13.7. The minimum atomic E-state index is -0.124. The lowest BCUT2D eigenvalue weighted by Gasteiger charge is -2.24. The molecule has 0 heterocycles. The van der Waals surface area contributed by atoms with E-state index < -0.39 is 0 Å². The van der Waals surface area contributed by atoms with Crippen molar-refractivity contribution in [2.24, 2.45) is 0 Å². The van der Waals surface area contributed by atoms with Crippen molar-refractivity contribution >= 4 is 5.69 Å². The van der Waals surface area contributed by atoms with Gasteiger partial charge in [0.05, 0.1) is 5.69 Å². The molecule has 1 aromatic carbocycles. The van der Waals surface area contributed by atoms with Crippen molar-refractivity contribution in [3.05, 3.63) is 30.1 Å². The van der Waals surface area contributed by atoms with Gasteiger partial charge in [0.2, 0.25) is 0 Å². The maximum absolute atomic E-state index is 13.7. The summed E-state index contributed by atoms with van der Waals surface area (Å²) in [6, 6.07) is 7.57. The van der Waals surface area contributed by atoms with Gasteiger partial charge in [-0.1, -0.05) is 19.1 Å². The minimum absolute atomic E-state index is 0.124. The highest BCUT2D eigenvalue weighted by molar-refractivity contribution is 5.47. The second kappa shape index (κ2) is 8.92. The van der Waals surface area contributed by atoms with Crippen LogP contribution in [0.4, 0.5) is 10.1 Å². The van der Waals surface area contributed by atoms with Gasteiger partial charge < -0.3 is 10.2 Å². The lowest BCUT2D eigenvalue weighted by molar-refractivity contribution is 0.496. The smallest absolute Gasteiger partial charge is 0.146 e. The number of benzene rings is 1. The molecule has 0 aromatic heterocycles. The Hall–Kier alpha value is -1.09. The second-order valence-corrected chi connectivity index (χ2v) is 5.03. The van der Waals surface area contributed by atoms with E-state index in [2.05, 4.69) is 31.0 Å². The number of nitrogens with one attached hydrogen (secondary N) is 1. The molecule has 0 aliphatic carbocycles. The fraction of sp³-hybridized carbons (Fsp3) is 0.625. The Kier molecular flexibility index (Phi) is 7.49. The molecule has 0 saturated carbocycles. The van der Waals surface area contributed by atoms with Crippen LogP contribution in [-0.4, -0.2) is 25.7 Å². The van der Waals surface area contributed by atoms with Gasteiger partial charge in [0.1, 0.15) is 5.82 Å². The van der Waals surface area contributed by atoms with Crippen LogP contribution < -0.4 is 10.2 Å². The molecule has 0 aliphatic heterocycles. The van der Waals surface area contributed by atoms with Crippen molar-refractivity contribution < 1.29 is 4.39 Å². The first kappa shape index (κ1) is 16.0. The van der Waals surface area contributed by atoms with Crippen molar-refractivity contribution in [2.75, 3.05) is 24.5 Å². The average molecular weight is 266 g/mol. The molecule has 2 nitrogen and oxygen atoms in total. The molecule has 0 spiro atoms. The van der Waals surface area contributed by atoms with E-state index in [0.717, 1.165) is 38.2 Å². The monoisotopic (exact) mass is 266 g/mol. The first-order valence-electron chi connectivity index (χ1n) is 7.41. The molecular weight excluding hydrogens is 239 g/mol. The van der Waals surface area contributed by atoms with Gasteiger partial charge in [-0.15, -0.1) is 0 Å². The van der Waals surface area contributed by atoms with Crippen molar-refractivity contribution in [1.82, 2.24) is 5.32 Å². The van der Waals surface area contributed by atoms with Crippen molar-refractivity contribution in [3.8, 4) is 0 Å². The predicted molar refractivity (Wildman–Crippen MR) is 81.3 cm³/mol. The number of hydrogen-bond donors (Lipinski definition) is 1. The summed E-state index contributed by atoms with van der Waals surface area (Å²) < 4.78 is 13.7. The van der Waals surface area contributed by atoms with E-state index >= 15 is 0 Å². The number of anilines is 1. The highest BCUT2D eigenvalue weighted by Gasteiger charge is 2.09. The van der Waals surface area contributed by atoms with Gasteiger partial charge in [-0.3, -0.25) is 0 Å². The Morgan fingerprint density at radius 1 is 1.26 bits per heavy atom. The Bertz CT molecular complexity index is 354. The predicted octanol–water partition coefficient (Wildman–Crippen LogP) is 3.82. The van der Waals surface area contributed by atoms with Gasteiger partial charge in [0.15, 0.2) is 0 Å². The van der Waals surface area contributed by atoms with Gasteiger partial charge in [0, 0.05) is 19.1 Å². The maximum Gasteiger partial charge on any atom is 0.146 e. The molecule has 19 heavy (non-hydrogen) atoms. The first-order valence-corrected chi connectivity index (χ1v) is 7.41. The quantitative estimate of drug-likeness (QED) is 0.731. The molecule has 0 saturated heterocycles. The molecule has 0 bridgehead atoms. The van der Waals surface area contributed by atoms with Gasteiger partial charge >= 0.3 is 0 Å². The zero-order valence-electron chi connectivity index (χ0n) is 12.5. The van der Waals surface area contributed by atoms with E-state index in [1.165, 1.54) is 12.5 Å². The number of nitrogens with zero attached hydrogens (tertiary/aromatic N) is 1. The number of hydrogen-bond acceptors (Lipinski definition) is 2. The van der Waals surface area contributed by atoms with Crippen LogP contribution in [0.15, 0.2) is 24.3 Å². The molecular formula is C16H27FN2. The summed E-state index contributed by atoms with van der Waals surface area (Å²) in [4.78, 5) is 2.11. The van der Waals surface area contributed by atoms with Crippen molar-refractivity contribution in [3.63, 3.8) is 0 Å². The molecule has 0 amide bonds. The van der Waals surface area contributed by atoms with Crippen LogP contribution >= 0.6 is 0 Å². The second-order valence-electron chi connectivity index (χ2n) is 5.03. The topological polar surface area (TPSA) is 15.3 Å². The lowest BCUT2D eigenvalue weighted by Crippen LogP contribution is -2.29. The number of para-hydroxylation sites is 1. The molecule has 0 fully saturated rings. The lowest BCUT2D eigenvalue weighted by atomic mass is 10.1. The Morgan fingerprint density at radius 3 is 2.63 bits per heavy atom. The summed E-state index contributed by atoms with van der Waals surface area (Å²) in [5.74, 6) is -0.124. The van der Waals surface area contributed by atoms with Crippen LogP contribution in [0.1, 0.15) is 40.0 Å². The largest absolute Gasteiger partial charge is 0.369 e. The Balaban J connectivity index is 2.39. The van der Waals surface area contributed by atoms with E-state index in [1.807, 2.05) is 12.1 Å². The summed E-state index contributed by atoms with van der Waals surface area (Å²) in [6.45, 7) is 9.30. The molecule has 0 radical (unpaired) electrons. The van der Waals surface area contributed by atoms with E-state index in [9.17, 15) is 4.39 Å². The SMILES string of the molecule is CCCNC(C)CCCN(CC)c1ccccc1F. The molecule has 1 aromatic rings. The third-order valence-electron chi connectivity index (χ3n) is 3.38. The molecule has 1 rings (SSSR count). The van der Waals surface area contributed by atoms with Crippen LogP contribution in [0.3, 0.4) is 0 Å². The Morgan fingerprint density at radius 2 is 2.00 bits per heavy atom. The summed E-state index contributed by atoms with van der Waals surface area (Å²) in [5, 5.41) is 3.48. The van der Waals surface area contributed by atoms with Gasteiger partial charge in [-0.25, -0.2) is 4.39 Å². The van der Waals surface area contributed by atoms with E-state index in [-0.39, 0.29) is 5.82 Å².